The summed E-state index contributed by atoms with van der Waals surface area (Å²) in [6.07, 6.45) is 16.4. The van der Waals surface area contributed by atoms with E-state index in [1.165, 1.54) is 62.5 Å². The number of allylic oxidation sites excluding steroid dienone is 3. The first-order valence-electron chi connectivity index (χ1n) is 11.4. The van der Waals surface area contributed by atoms with Gasteiger partial charge < -0.3 is 0 Å². The van der Waals surface area contributed by atoms with Crippen LogP contribution in [0.5, 0.6) is 0 Å². The monoisotopic (exact) mass is 589 g/mol. The van der Waals surface area contributed by atoms with E-state index in [1.807, 2.05) is 0 Å². The van der Waals surface area contributed by atoms with E-state index in [0.717, 1.165) is 12.8 Å². The van der Waals surface area contributed by atoms with E-state index in [1.54, 1.807) is 3.13 Å². The molecule has 0 aromatic rings. The fourth-order valence-electron chi connectivity index (χ4n) is 4.35. The van der Waals surface area contributed by atoms with Crippen LogP contribution in [0.2, 0.25) is 11.9 Å². The van der Waals surface area contributed by atoms with Gasteiger partial charge in [-0.1, -0.05) is 19.8 Å². The average molecular weight is 589 g/mol. The zero-order valence-electron chi connectivity index (χ0n) is 18.3. The van der Waals surface area contributed by atoms with Crippen LogP contribution in [0.1, 0.15) is 91.9 Å². The van der Waals surface area contributed by atoms with E-state index < -0.39 is 21.2 Å². The molecule has 1 aliphatic carbocycles. The van der Waals surface area contributed by atoms with Gasteiger partial charge in [0, 0.05) is 0 Å². The van der Waals surface area contributed by atoms with Crippen molar-refractivity contribution in [2.24, 2.45) is 0 Å². The van der Waals surface area contributed by atoms with Crippen molar-refractivity contribution in [1.82, 2.24) is 5.32 Å². The third kappa shape index (κ3) is 8.24. The van der Waals surface area contributed by atoms with Crippen molar-refractivity contribution in [2.75, 3.05) is 0 Å². The second-order valence-electron chi connectivity index (χ2n) is 8.08. The third-order valence-corrected chi connectivity index (χ3v) is 29.0. The number of nitrogens with one attached hydrogen (secondary N) is 1. The van der Waals surface area contributed by atoms with Crippen molar-refractivity contribution in [3.05, 3.63) is 20.9 Å². The van der Waals surface area contributed by atoms with Gasteiger partial charge in [0.05, 0.1) is 0 Å². The molecule has 0 aromatic carbocycles. The number of thiol groups is 1. The number of carbonyl (C=O) groups excluding carboxylic acids is 1. The molecule has 27 heavy (non-hydrogen) atoms. The van der Waals surface area contributed by atoms with Crippen molar-refractivity contribution in [1.29, 1.82) is 0 Å². The molecule has 0 saturated heterocycles. The topological polar surface area (TPSA) is 29.1 Å². The first-order valence-corrected chi connectivity index (χ1v) is 22.1. The zero-order valence-corrected chi connectivity index (χ0v) is 23.1. The SMILES string of the molecule is CCCCCCCCCCC(=O)NC(S)C1=[C]([Pb]([CH2]C)([CH2]C)[CH2]C)C=CC1. The van der Waals surface area contributed by atoms with Crippen molar-refractivity contribution in [3.63, 3.8) is 0 Å². The Labute approximate surface area is 179 Å². The molecule has 1 rings (SSSR count). The summed E-state index contributed by atoms with van der Waals surface area (Å²) in [6.45, 7) is 9.38. The summed E-state index contributed by atoms with van der Waals surface area (Å²) in [5, 5.41) is 3.08. The summed E-state index contributed by atoms with van der Waals surface area (Å²) >= 11 is 2.38. The molecular formula is C23H43NOPbS. The summed E-state index contributed by atoms with van der Waals surface area (Å²) in [7, 11) is 0. The van der Waals surface area contributed by atoms with Crippen molar-refractivity contribution < 1.29 is 4.79 Å². The van der Waals surface area contributed by atoms with Gasteiger partial charge in [-0.15, -0.1) is 0 Å². The Morgan fingerprint density at radius 2 is 1.56 bits per heavy atom. The molecule has 0 spiro atoms. The summed E-state index contributed by atoms with van der Waals surface area (Å²) in [5.74, 6) is 0.173. The second kappa shape index (κ2) is 14.2. The molecule has 156 valence electrons. The maximum absolute atomic E-state index is 12.4. The molecule has 1 aliphatic rings. The van der Waals surface area contributed by atoms with E-state index in [4.69, 9.17) is 12.6 Å². The number of unbranched alkanes of at least 4 members (excludes halogenated alkanes) is 7. The molecule has 1 unspecified atom stereocenters. The van der Waals surface area contributed by atoms with E-state index in [0.29, 0.717) is 6.42 Å². The molecular weight excluding hydrogens is 546 g/mol. The van der Waals surface area contributed by atoms with Crippen LogP contribution in [0.4, 0.5) is 0 Å². The molecule has 4 heteroatoms. The Hall–Kier alpha value is 0.222. The first-order chi connectivity index (χ1) is 13.0. The molecule has 1 amide bonds. The summed E-state index contributed by atoms with van der Waals surface area (Å²) in [6, 6.07) is 0. The van der Waals surface area contributed by atoms with Gasteiger partial charge in [0.1, 0.15) is 0 Å². The molecule has 0 bridgehead atoms. The van der Waals surface area contributed by atoms with Crippen LogP contribution in [0.25, 0.3) is 0 Å². The predicted octanol–water partition coefficient (Wildman–Crippen LogP) is 7.19. The van der Waals surface area contributed by atoms with Gasteiger partial charge in [0.15, 0.2) is 0 Å². The van der Waals surface area contributed by atoms with Crippen molar-refractivity contribution in [2.45, 2.75) is 109 Å². The van der Waals surface area contributed by atoms with Gasteiger partial charge in [0.2, 0.25) is 0 Å². The molecule has 0 fully saturated rings. The van der Waals surface area contributed by atoms with E-state index in [-0.39, 0.29) is 11.3 Å². The van der Waals surface area contributed by atoms with E-state index in [9.17, 15) is 4.79 Å². The standard InChI is InChI=1S/C17H28NOS.3C2H5.Pb/c1-2-3-4-5-6-7-8-9-14-16(19)18-17(20)15-12-10-11-13-15;3*1-2;/h10-11,17,20H,2-9,12,14H2,1H3,(H,18,19);3*1H2,2H3;. The molecule has 1 N–H and O–H groups in total. The fourth-order valence-corrected chi connectivity index (χ4v) is 20.9. The summed E-state index contributed by atoms with van der Waals surface area (Å²) in [5.41, 5.74) is 1.40. The number of amides is 1. The Morgan fingerprint density at radius 1 is 1.00 bits per heavy atom. The predicted molar refractivity (Wildman–Crippen MR) is 126 cm³/mol. The Bertz CT molecular complexity index is 488. The zero-order chi connectivity index (χ0) is 20.1. The quantitative estimate of drug-likeness (QED) is 0.0902. The molecule has 2 nitrogen and oxygen atoms in total. The molecule has 0 aromatic heterocycles. The number of hydrogen-bond donors (Lipinski definition) is 2. The summed E-state index contributed by atoms with van der Waals surface area (Å²) in [4.78, 5) is 12.4. The molecule has 0 aliphatic heterocycles. The fraction of sp³-hybridized carbons (Fsp3) is 0.783. The minimum atomic E-state index is -2.41. The minimum absolute atomic E-state index is 0.0967. The van der Waals surface area contributed by atoms with Gasteiger partial charge in [-0.05, 0) is 0 Å². The van der Waals surface area contributed by atoms with Crippen LogP contribution in [-0.2, 0) is 4.79 Å². The van der Waals surface area contributed by atoms with Gasteiger partial charge in [-0.25, -0.2) is 0 Å². The van der Waals surface area contributed by atoms with E-state index in [2.05, 4.69) is 45.2 Å². The van der Waals surface area contributed by atoms with Crippen LogP contribution >= 0.6 is 12.6 Å². The van der Waals surface area contributed by atoms with Crippen molar-refractivity contribution >= 4 is 39.7 Å². The van der Waals surface area contributed by atoms with Crippen molar-refractivity contribution in [3.8, 4) is 0 Å². The molecule has 0 radical (unpaired) electrons. The van der Waals surface area contributed by atoms with Crippen LogP contribution in [-0.4, -0.2) is 32.5 Å². The van der Waals surface area contributed by atoms with Gasteiger partial charge >= 0.3 is 160 Å². The number of rotatable bonds is 15. The first kappa shape index (κ1) is 25.3. The van der Waals surface area contributed by atoms with Gasteiger partial charge in [-0.3, -0.25) is 0 Å². The van der Waals surface area contributed by atoms with Gasteiger partial charge in [-0.2, -0.15) is 0 Å². The molecule has 1 atom stereocenters. The number of hydrogen-bond acceptors (Lipinski definition) is 2. The Kier molecular flexibility index (Phi) is 13.3. The van der Waals surface area contributed by atoms with Gasteiger partial charge in [0.25, 0.3) is 0 Å². The average Bonchev–Trinajstić information content (AvgIpc) is 3.16. The molecule has 0 saturated carbocycles. The van der Waals surface area contributed by atoms with Crippen LogP contribution in [0, 0.1) is 0 Å². The third-order valence-electron chi connectivity index (χ3n) is 6.46. The summed E-state index contributed by atoms with van der Waals surface area (Å²) < 4.78 is 5.71. The van der Waals surface area contributed by atoms with E-state index >= 15 is 0 Å². The maximum atomic E-state index is 12.4. The van der Waals surface area contributed by atoms with Crippen LogP contribution < -0.4 is 5.32 Å². The Balaban J connectivity index is 2.42. The van der Waals surface area contributed by atoms with Crippen LogP contribution in [0.3, 0.4) is 0 Å². The second-order valence-corrected chi connectivity index (χ2v) is 28.9. The molecule has 0 heterocycles. The Morgan fingerprint density at radius 3 is 2.11 bits per heavy atom. The normalized spacial score (nSPS) is 15.4. The van der Waals surface area contributed by atoms with Crippen LogP contribution in [0.15, 0.2) is 20.9 Å². The number of carbonyl (C=O) groups is 1.